The van der Waals surface area contributed by atoms with Crippen molar-refractivity contribution in [2.75, 3.05) is 5.73 Å². The molecule has 1 aromatic heterocycles. The van der Waals surface area contributed by atoms with Crippen LogP contribution in [0.5, 0.6) is 0 Å². The van der Waals surface area contributed by atoms with Crippen molar-refractivity contribution in [2.24, 2.45) is 0 Å². The van der Waals surface area contributed by atoms with Gasteiger partial charge in [-0.25, -0.2) is 4.45 Å². The summed E-state index contributed by atoms with van der Waals surface area (Å²) in [7, 11) is 0. The molecule has 2 rings (SSSR count). The van der Waals surface area contributed by atoms with Gasteiger partial charge in [-0.2, -0.15) is 5.10 Å². The lowest BCUT2D eigenvalue weighted by molar-refractivity contribution is 1.04. The molecule has 0 bridgehead atoms. The molecule has 0 aliphatic heterocycles. The van der Waals surface area contributed by atoms with Gasteiger partial charge in [0.2, 0.25) is 0 Å². The second-order valence-corrected chi connectivity index (χ2v) is 4.46. The van der Waals surface area contributed by atoms with E-state index in [2.05, 4.69) is 27.1 Å². The first-order valence-electron chi connectivity index (χ1n) is 5.42. The Kier molecular flexibility index (Phi) is 8.57. The molecule has 0 spiro atoms. The minimum Gasteiger partial charge on any atom is -0.398 e. The largest absolute Gasteiger partial charge is 0.398 e. The lowest BCUT2D eigenvalue weighted by atomic mass is 10.2. The number of nitrogen functional groups attached to an aromatic ring is 1. The molecule has 0 amide bonds. The third-order valence-electron chi connectivity index (χ3n) is 1.73. The van der Waals surface area contributed by atoms with Gasteiger partial charge in [-0.05, 0) is 34.2 Å². The summed E-state index contributed by atoms with van der Waals surface area (Å²) >= 11 is 2.30. The summed E-state index contributed by atoms with van der Waals surface area (Å²) in [4.78, 5) is 0. The topological polar surface area (TPSA) is 43.8 Å². The zero-order valence-electron chi connectivity index (χ0n) is 10.2. The number of fused-ring (bicyclic) bond motifs is 1. The predicted octanol–water partition coefficient (Wildman–Crippen LogP) is 4.46. The van der Waals surface area contributed by atoms with Crippen LogP contribution in [0.4, 0.5) is 5.69 Å². The van der Waals surface area contributed by atoms with Crippen LogP contribution >= 0.6 is 28.4 Å². The van der Waals surface area contributed by atoms with Crippen molar-refractivity contribution in [3.05, 3.63) is 24.4 Å². The van der Waals surface area contributed by atoms with Crippen LogP contribution in [0.15, 0.2) is 24.4 Å². The van der Waals surface area contributed by atoms with Gasteiger partial charge in [0, 0.05) is 11.1 Å². The molecule has 2 N–H and O–H groups in total. The average molecular weight is 351 g/mol. The van der Waals surface area contributed by atoms with Crippen molar-refractivity contribution in [1.82, 2.24) is 9.55 Å². The number of aromatic nitrogens is 2. The Morgan fingerprint density at radius 2 is 1.88 bits per heavy atom. The molecule has 16 heavy (non-hydrogen) atoms. The van der Waals surface area contributed by atoms with Gasteiger partial charge in [-0.3, -0.25) is 0 Å². The van der Waals surface area contributed by atoms with Crippen LogP contribution in [0.1, 0.15) is 27.7 Å². The Balaban J connectivity index is 0.000000509. The highest BCUT2D eigenvalue weighted by atomic mass is 127. The molecule has 1 aromatic carbocycles. The summed E-state index contributed by atoms with van der Waals surface area (Å²) in [6.07, 6.45) is 2.44. The van der Waals surface area contributed by atoms with Gasteiger partial charge in [0.25, 0.3) is 0 Å². The van der Waals surface area contributed by atoms with Crippen molar-refractivity contribution in [3.63, 3.8) is 0 Å². The quantitative estimate of drug-likeness (QED) is 0.468. The maximum Gasteiger partial charge on any atom is 0.0750 e. The SMILES string of the molecule is CC.CC.Nc1cccc2c1cnn2PI. The standard InChI is InChI=1S/C7H7IN3P.2C2H6/c8-12-11-7-3-1-2-6(9)5(7)4-10-11;2*1-2/h1-4,12H,9H2;2*1-2H3. The molecular weight excluding hydrogens is 332 g/mol. The van der Waals surface area contributed by atoms with E-state index in [1.165, 1.54) is 0 Å². The molecule has 0 aliphatic rings. The molecule has 90 valence electrons. The van der Waals surface area contributed by atoms with Crippen LogP contribution in [-0.2, 0) is 0 Å². The van der Waals surface area contributed by atoms with Gasteiger partial charge >= 0.3 is 0 Å². The number of rotatable bonds is 1. The van der Waals surface area contributed by atoms with E-state index in [1.54, 1.807) is 0 Å². The smallest absolute Gasteiger partial charge is 0.0750 e. The third kappa shape index (κ3) is 3.59. The van der Waals surface area contributed by atoms with Crippen molar-refractivity contribution in [2.45, 2.75) is 27.7 Å². The summed E-state index contributed by atoms with van der Waals surface area (Å²) < 4.78 is 1.95. The monoisotopic (exact) mass is 351 g/mol. The van der Waals surface area contributed by atoms with Gasteiger partial charge in [-0.1, -0.05) is 33.8 Å². The van der Waals surface area contributed by atoms with Crippen molar-refractivity contribution in [3.8, 4) is 0 Å². The molecule has 0 radical (unpaired) electrons. The molecular formula is C11H19IN3P. The normalized spacial score (nSPS) is 9.56. The van der Waals surface area contributed by atoms with Gasteiger partial charge in [-0.15, -0.1) is 0 Å². The molecule has 0 aliphatic carbocycles. The highest BCUT2D eigenvalue weighted by Crippen LogP contribution is 2.29. The third-order valence-corrected chi connectivity index (χ3v) is 3.61. The summed E-state index contributed by atoms with van der Waals surface area (Å²) in [6.45, 7) is 8.00. The van der Waals surface area contributed by atoms with Crippen LogP contribution in [0.3, 0.4) is 0 Å². The van der Waals surface area contributed by atoms with E-state index in [4.69, 9.17) is 5.73 Å². The Labute approximate surface area is 112 Å². The minimum absolute atomic E-state index is 0.625. The van der Waals surface area contributed by atoms with Gasteiger partial charge < -0.3 is 5.73 Å². The highest BCUT2D eigenvalue weighted by molar-refractivity contribution is 14.2. The van der Waals surface area contributed by atoms with E-state index >= 15 is 0 Å². The fraction of sp³-hybridized carbons (Fsp3) is 0.364. The van der Waals surface area contributed by atoms with Crippen LogP contribution < -0.4 is 5.73 Å². The van der Waals surface area contributed by atoms with Crippen molar-refractivity contribution < 1.29 is 0 Å². The first-order valence-corrected chi connectivity index (χ1v) is 9.48. The summed E-state index contributed by atoms with van der Waals surface area (Å²) in [5.41, 5.74) is 7.68. The fourth-order valence-corrected chi connectivity index (χ4v) is 2.68. The molecule has 0 saturated heterocycles. The number of hydrogen-bond donors (Lipinski definition) is 1. The number of nitrogens with two attached hydrogens (primary N) is 1. The van der Waals surface area contributed by atoms with Crippen molar-refractivity contribution in [1.29, 1.82) is 0 Å². The predicted molar refractivity (Wildman–Crippen MR) is 84.6 cm³/mol. The molecule has 5 heteroatoms. The molecule has 0 saturated carbocycles. The second-order valence-electron chi connectivity index (χ2n) is 2.42. The molecule has 1 heterocycles. The maximum absolute atomic E-state index is 5.77. The second kappa shape index (κ2) is 8.76. The minimum atomic E-state index is 0.625. The number of halogens is 1. The van der Waals surface area contributed by atoms with Gasteiger partial charge in [0.1, 0.15) is 0 Å². The molecule has 3 nitrogen and oxygen atoms in total. The Bertz CT molecular complexity index is 415. The van der Waals surface area contributed by atoms with Crippen LogP contribution in [0, 0.1) is 0 Å². The first kappa shape index (κ1) is 15.7. The number of nitrogens with zero attached hydrogens (tertiary/aromatic N) is 2. The number of benzene rings is 1. The zero-order chi connectivity index (χ0) is 12.6. The zero-order valence-corrected chi connectivity index (χ0v) is 13.3. The molecule has 0 fully saturated rings. The van der Waals surface area contributed by atoms with E-state index in [1.807, 2.05) is 56.5 Å². The van der Waals surface area contributed by atoms with E-state index in [0.29, 0.717) is 6.37 Å². The number of anilines is 1. The molecule has 1 unspecified atom stereocenters. The summed E-state index contributed by atoms with van der Waals surface area (Å²) in [5, 5.41) is 5.26. The maximum atomic E-state index is 5.77. The Morgan fingerprint density at radius 3 is 2.44 bits per heavy atom. The molecule has 1 atom stereocenters. The van der Waals surface area contributed by atoms with Crippen LogP contribution in [0.2, 0.25) is 0 Å². The van der Waals surface area contributed by atoms with Gasteiger partial charge in [0.05, 0.1) is 18.1 Å². The summed E-state index contributed by atoms with van der Waals surface area (Å²) in [5.74, 6) is 0. The van der Waals surface area contributed by atoms with E-state index < -0.39 is 0 Å². The lowest BCUT2D eigenvalue weighted by Gasteiger charge is -1.97. The van der Waals surface area contributed by atoms with Crippen molar-refractivity contribution >= 4 is 45.0 Å². The van der Waals surface area contributed by atoms with Crippen LogP contribution in [0.25, 0.3) is 10.9 Å². The van der Waals surface area contributed by atoms with Gasteiger partial charge in [0.15, 0.2) is 0 Å². The first-order chi connectivity index (χ1) is 7.83. The summed E-state index contributed by atoms with van der Waals surface area (Å²) in [6, 6.07) is 5.88. The average Bonchev–Trinajstić information content (AvgIpc) is 2.79. The Hall–Kier alpha value is -0.350. The van der Waals surface area contributed by atoms with E-state index in [0.717, 1.165) is 16.6 Å². The van der Waals surface area contributed by atoms with E-state index in [9.17, 15) is 0 Å². The number of hydrogen-bond acceptors (Lipinski definition) is 2. The lowest BCUT2D eigenvalue weighted by Crippen LogP contribution is -1.85. The molecule has 2 aromatic rings. The van der Waals surface area contributed by atoms with E-state index in [-0.39, 0.29) is 0 Å². The van der Waals surface area contributed by atoms with Crippen LogP contribution in [-0.4, -0.2) is 9.55 Å². The highest BCUT2D eigenvalue weighted by Gasteiger charge is 2.02. The Morgan fingerprint density at radius 1 is 1.25 bits per heavy atom. The fourth-order valence-electron chi connectivity index (χ4n) is 1.14.